The minimum absolute atomic E-state index is 0.00645. The van der Waals surface area contributed by atoms with E-state index in [2.05, 4.69) is 15.7 Å². The fourth-order valence-corrected chi connectivity index (χ4v) is 2.65. The second kappa shape index (κ2) is 9.46. The highest BCUT2D eigenvalue weighted by Crippen LogP contribution is 2.19. The van der Waals surface area contributed by atoms with E-state index in [9.17, 15) is 18.8 Å². The van der Waals surface area contributed by atoms with Gasteiger partial charge in [0.25, 0.3) is 0 Å². The Morgan fingerprint density at radius 1 is 1.03 bits per heavy atom. The summed E-state index contributed by atoms with van der Waals surface area (Å²) in [5, 5.41) is 9.10. The molecule has 0 aliphatic rings. The Morgan fingerprint density at radius 2 is 1.73 bits per heavy atom. The van der Waals surface area contributed by atoms with E-state index in [1.807, 2.05) is 0 Å². The van der Waals surface area contributed by atoms with Gasteiger partial charge in [-0.15, -0.1) is 0 Å². The molecule has 0 unspecified atom stereocenters. The minimum Gasteiger partial charge on any atom is -0.462 e. The van der Waals surface area contributed by atoms with Crippen LogP contribution in [0.5, 0.6) is 0 Å². The van der Waals surface area contributed by atoms with E-state index in [0.29, 0.717) is 11.3 Å². The molecule has 0 saturated carbocycles. The summed E-state index contributed by atoms with van der Waals surface area (Å²) in [5.74, 6) is -1.37. The van der Waals surface area contributed by atoms with E-state index in [0.717, 1.165) is 0 Å². The zero-order valence-electron chi connectivity index (χ0n) is 16.1. The molecule has 30 heavy (non-hydrogen) atoms. The van der Waals surface area contributed by atoms with Crippen LogP contribution in [0.2, 0.25) is 0 Å². The summed E-state index contributed by atoms with van der Waals surface area (Å²) in [5.41, 5.74) is 0.817. The lowest BCUT2D eigenvalue weighted by molar-refractivity contribution is 0.0527. The van der Waals surface area contributed by atoms with Crippen molar-refractivity contribution in [3.8, 4) is 0 Å². The van der Waals surface area contributed by atoms with Crippen molar-refractivity contribution in [2.45, 2.75) is 13.5 Å². The quantitative estimate of drug-likeness (QED) is 0.456. The monoisotopic (exact) mass is 410 g/mol. The molecule has 3 aromatic rings. The third-order valence-electron chi connectivity index (χ3n) is 4.06. The molecule has 9 heteroatoms. The summed E-state index contributed by atoms with van der Waals surface area (Å²) < 4.78 is 19.2. The van der Waals surface area contributed by atoms with Crippen LogP contribution in [0, 0.1) is 5.82 Å². The summed E-state index contributed by atoms with van der Waals surface area (Å²) in [6, 6.07) is 13.0. The number of urea groups is 1. The summed E-state index contributed by atoms with van der Waals surface area (Å²) in [6.07, 6.45) is 1.23. The van der Waals surface area contributed by atoms with Crippen LogP contribution in [0.15, 0.2) is 60.8 Å². The summed E-state index contributed by atoms with van der Waals surface area (Å²) in [7, 11) is 0. The molecule has 2 aromatic carbocycles. The Labute approximate surface area is 171 Å². The van der Waals surface area contributed by atoms with Crippen LogP contribution in [0.25, 0.3) is 0 Å². The Kier molecular flexibility index (Phi) is 6.53. The van der Waals surface area contributed by atoms with Crippen molar-refractivity contribution in [1.29, 1.82) is 0 Å². The van der Waals surface area contributed by atoms with Gasteiger partial charge in [0, 0.05) is 11.3 Å². The number of ketones is 1. The van der Waals surface area contributed by atoms with E-state index >= 15 is 0 Å². The molecule has 1 aromatic heterocycles. The van der Waals surface area contributed by atoms with Crippen LogP contribution < -0.4 is 10.6 Å². The Balaban J connectivity index is 1.83. The summed E-state index contributed by atoms with van der Waals surface area (Å²) in [6.45, 7) is 1.58. The first-order valence-corrected chi connectivity index (χ1v) is 9.12. The highest BCUT2D eigenvalue weighted by atomic mass is 19.1. The number of esters is 1. The van der Waals surface area contributed by atoms with Crippen LogP contribution in [-0.2, 0) is 11.3 Å². The predicted molar refractivity (Wildman–Crippen MR) is 108 cm³/mol. The lowest BCUT2D eigenvalue weighted by Crippen LogP contribution is -2.24. The molecule has 0 fully saturated rings. The Morgan fingerprint density at radius 3 is 2.40 bits per heavy atom. The van der Waals surface area contributed by atoms with E-state index in [1.165, 1.54) is 35.1 Å². The largest absolute Gasteiger partial charge is 0.462 e. The number of halogens is 1. The van der Waals surface area contributed by atoms with Crippen LogP contribution >= 0.6 is 0 Å². The topological polar surface area (TPSA) is 102 Å². The summed E-state index contributed by atoms with van der Waals surface area (Å²) in [4.78, 5) is 37.2. The summed E-state index contributed by atoms with van der Waals surface area (Å²) >= 11 is 0. The molecule has 0 atom stereocenters. The smallest absolute Gasteiger partial charge is 0.343 e. The fourth-order valence-electron chi connectivity index (χ4n) is 2.65. The van der Waals surface area contributed by atoms with Gasteiger partial charge >= 0.3 is 12.0 Å². The van der Waals surface area contributed by atoms with Crippen molar-refractivity contribution >= 4 is 29.3 Å². The molecule has 2 amide bonds. The first-order valence-electron chi connectivity index (χ1n) is 9.12. The maximum absolute atomic E-state index is 13.0. The standard InChI is InChI=1S/C21H19FN4O4/c1-2-30-20(28)17-12-23-26(13-18(27)14-6-4-3-5-7-14)19(17)25-21(29)24-16-10-8-15(22)9-11-16/h3-12H,2,13H2,1H3,(H2,24,25,29). The number of anilines is 2. The van der Waals surface area contributed by atoms with E-state index in [-0.39, 0.29) is 30.3 Å². The van der Waals surface area contributed by atoms with E-state index < -0.39 is 17.8 Å². The van der Waals surface area contributed by atoms with Crippen molar-refractivity contribution in [3.05, 3.63) is 77.7 Å². The zero-order valence-corrected chi connectivity index (χ0v) is 16.1. The number of hydrogen-bond donors (Lipinski definition) is 2. The van der Waals surface area contributed by atoms with Crippen LogP contribution in [0.1, 0.15) is 27.6 Å². The van der Waals surface area contributed by atoms with Gasteiger partial charge in [-0.05, 0) is 31.2 Å². The van der Waals surface area contributed by atoms with Crippen molar-refractivity contribution in [3.63, 3.8) is 0 Å². The van der Waals surface area contributed by atoms with Gasteiger partial charge in [0.15, 0.2) is 5.78 Å². The van der Waals surface area contributed by atoms with Gasteiger partial charge in [-0.2, -0.15) is 5.10 Å². The lowest BCUT2D eigenvalue weighted by atomic mass is 10.1. The van der Waals surface area contributed by atoms with Gasteiger partial charge in [0.2, 0.25) is 0 Å². The molecule has 0 saturated heterocycles. The Bertz CT molecular complexity index is 1050. The maximum Gasteiger partial charge on any atom is 0.343 e. The van der Waals surface area contributed by atoms with Gasteiger partial charge in [0.1, 0.15) is 23.7 Å². The van der Waals surface area contributed by atoms with Crippen LogP contribution in [0.3, 0.4) is 0 Å². The number of benzene rings is 2. The van der Waals surface area contributed by atoms with Gasteiger partial charge in [-0.3, -0.25) is 10.1 Å². The SMILES string of the molecule is CCOC(=O)c1cnn(CC(=O)c2ccccc2)c1NC(=O)Nc1ccc(F)cc1. The molecule has 2 N–H and O–H groups in total. The maximum atomic E-state index is 13.0. The average Bonchev–Trinajstić information content (AvgIpc) is 3.12. The van der Waals surface area contributed by atoms with Crippen molar-refractivity contribution in [2.24, 2.45) is 0 Å². The average molecular weight is 410 g/mol. The van der Waals surface area contributed by atoms with Crippen molar-refractivity contribution in [2.75, 3.05) is 17.2 Å². The lowest BCUT2D eigenvalue weighted by Gasteiger charge is -2.12. The second-order valence-corrected chi connectivity index (χ2v) is 6.16. The van der Waals surface area contributed by atoms with Gasteiger partial charge < -0.3 is 10.1 Å². The number of carbonyl (C=O) groups excluding carboxylic acids is 3. The third kappa shape index (κ3) is 5.07. The molecular formula is C21H19FN4O4. The Hall–Kier alpha value is -4.01. The number of rotatable bonds is 7. The molecule has 8 nitrogen and oxygen atoms in total. The molecule has 0 spiro atoms. The molecule has 0 bridgehead atoms. The highest BCUT2D eigenvalue weighted by Gasteiger charge is 2.22. The number of ether oxygens (including phenoxy) is 1. The number of amides is 2. The molecule has 3 rings (SSSR count). The molecule has 0 radical (unpaired) electrons. The number of aromatic nitrogens is 2. The van der Waals surface area contributed by atoms with Crippen LogP contribution in [0.4, 0.5) is 20.7 Å². The second-order valence-electron chi connectivity index (χ2n) is 6.16. The first kappa shape index (κ1) is 20.7. The zero-order chi connectivity index (χ0) is 21.5. The molecule has 0 aliphatic heterocycles. The first-order chi connectivity index (χ1) is 14.5. The fraction of sp³-hybridized carbons (Fsp3) is 0.143. The molecule has 1 heterocycles. The predicted octanol–water partition coefficient (Wildman–Crippen LogP) is 3.73. The molecule has 0 aliphatic carbocycles. The van der Waals surface area contributed by atoms with E-state index in [4.69, 9.17) is 4.74 Å². The van der Waals surface area contributed by atoms with Crippen LogP contribution in [-0.4, -0.2) is 34.2 Å². The number of carbonyl (C=O) groups is 3. The number of nitrogens with zero attached hydrogens (tertiary/aromatic N) is 2. The highest BCUT2D eigenvalue weighted by molar-refractivity contribution is 6.04. The van der Waals surface area contributed by atoms with Gasteiger partial charge in [-0.1, -0.05) is 30.3 Å². The number of nitrogens with one attached hydrogen (secondary N) is 2. The minimum atomic E-state index is -0.693. The third-order valence-corrected chi connectivity index (χ3v) is 4.06. The van der Waals surface area contributed by atoms with Crippen molar-refractivity contribution < 1.29 is 23.5 Å². The van der Waals surface area contributed by atoms with Crippen molar-refractivity contribution in [1.82, 2.24) is 9.78 Å². The number of hydrogen-bond acceptors (Lipinski definition) is 5. The normalized spacial score (nSPS) is 10.3. The van der Waals surface area contributed by atoms with Gasteiger partial charge in [-0.25, -0.2) is 18.7 Å². The molecular weight excluding hydrogens is 391 g/mol. The van der Waals surface area contributed by atoms with Gasteiger partial charge in [0.05, 0.1) is 12.8 Å². The number of Topliss-reactive ketones (excluding diaryl/α,β-unsaturated/α-hetero) is 1. The van der Waals surface area contributed by atoms with E-state index in [1.54, 1.807) is 37.3 Å². The molecule has 154 valence electrons.